The van der Waals surface area contributed by atoms with E-state index in [-0.39, 0.29) is 0 Å². The fourth-order valence-corrected chi connectivity index (χ4v) is 3.90. The third-order valence-corrected chi connectivity index (χ3v) is 5.17. The minimum absolute atomic E-state index is 0.465. The predicted molar refractivity (Wildman–Crippen MR) is 93.8 cm³/mol. The van der Waals surface area contributed by atoms with Gasteiger partial charge in [-0.3, -0.25) is 10.0 Å². The summed E-state index contributed by atoms with van der Waals surface area (Å²) in [6.45, 7) is 4.15. The number of fused-ring (bicyclic) bond motifs is 2. The summed E-state index contributed by atoms with van der Waals surface area (Å²) >= 11 is 0. The number of hydrogen-bond acceptors (Lipinski definition) is 4. The number of benzene rings is 2. The Bertz CT molecular complexity index is 742. The number of hydrogen-bond donors (Lipinski definition) is 2. The van der Waals surface area contributed by atoms with E-state index in [1.165, 1.54) is 17.7 Å². The second-order valence-electron chi connectivity index (χ2n) is 6.67. The van der Waals surface area contributed by atoms with E-state index in [0.29, 0.717) is 17.6 Å². The van der Waals surface area contributed by atoms with Crippen molar-refractivity contribution < 1.29 is 10.0 Å². The van der Waals surface area contributed by atoms with Crippen LogP contribution >= 0.6 is 0 Å². The van der Waals surface area contributed by atoms with Crippen LogP contribution in [0, 0.1) is 6.92 Å². The Labute approximate surface area is 141 Å². The van der Waals surface area contributed by atoms with Crippen LogP contribution in [0.1, 0.15) is 22.3 Å². The topological polar surface area (TPSA) is 55.8 Å². The number of carbonyl (C=O) groups excluding carboxylic acids is 1. The van der Waals surface area contributed by atoms with E-state index in [1.807, 2.05) is 12.1 Å². The summed E-state index contributed by atoms with van der Waals surface area (Å²) in [6, 6.07) is 17.2. The summed E-state index contributed by atoms with van der Waals surface area (Å²) in [5, 5.41) is 8.69. The maximum Gasteiger partial charge on any atom is 0.274 e. The van der Waals surface area contributed by atoms with Crippen molar-refractivity contribution in [3.05, 3.63) is 59.7 Å². The molecule has 5 nitrogen and oxygen atoms in total. The van der Waals surface area contributed by atoms with Crippen LogP contribution in [0.25, 0.3) is 0 Å². The van der Waals surface area contributed by atoms with Gasteiger partial charge in [0.15, 0.2) is 0 Å². The van der Waals surface area contributed by atoms with Crippen molar-refractivity contribution in [2.75, 3.05) is 22.9 Å². The summed E-state index contributed by atoms with van der Waals surface area (Å²) in [6.07, 6.45) is 1.17. The van der Waals surface area contributed by atoms with Crippen LogP contribution in [0.15, 0.2) is 48.5 Å². The van der Waals surface area contributed by atoms with E-state index in [1.54, 1.807) is 17.6 Å². The van der Waals surface area contributed by atoms with Crippen LogP contribution in [0.2, 0.25) is 0 Å². The first-order valence-corrected chi connectivity index (χ1v) is 8.30. The molecule has 2 aliphatic heterocycles. The lowest BCUT2D eigenvalue weighted by Crippen LogP contribution is -2.46. The van der Waals surface area contributed by atoms with Crippen LogP contribution < -0.4 is 15.3 Å². The number of nitrogens with zero attached hydrogens (tertiary/aromatic N) is 2. The minimum Gasteiger partial charge on any atom is -0.365 e. The monoisotopic (exact) mass is 323 g/mol. The zero-order chi connectivity index (χ0) is 16.7. The smallest absolute Gasteiger partial charge is 0.274 e. The Morgan fingerprint density at radius 2 is 1.46 bits per heavy atom. The summed E-state index contributed by atoms with van der Waals surface area (Å²) in [7, 11) is 0. The number of hydroxylamine groups is 1. The Morgan fingerprint density at radius 3 is 1.92 bits per heavy atom. The van der Waals surface area contributed by atoms with Crippen molar-refractivity contribution in [3.63, 3.8) is 0 Å². The lowest BCUT2D eigenvalue weighted by Gasteiger charge is -2.37. The summed E-state index contributed by atoms with van der Waals surface area (Å²) in [4.78, 5) is 16.4. The molecule has 2 saturated heterocycles. The molecule has 0 saturated carbocycles. The molecule has 0 spiro atoms. The molecule has 2 N–H and O–H groups in total. The first-order valence-electron chi connectivity index (χ1n) is 8.30. The number of aryl methyl sites for hydroxylation is 1. The molecule has 0 aliphatic carbocycles. The molecular formula is C19H21N3O2. The highest BCUT2D eigenvalue weighted by molar-refractivity contribution is 5.93. The first kappa shape index (κ1) is 15.0. The molecule has 24 heavy (non-hydrogen) atoms. The van der Waals surface area contributed by atoms with Gasteiger partial charge >= 0.3 is 0 Å². The number of carbonyl (C=O) groups is 1. The van der Waals surface area contributed by atoms with E-state index in [4.69, 9.17) is 5.21 Å². The lowest BCUT2D eigenvalue weighted by molar-refractivity contribution is 0.0706. The molecule has 2 aromatic carbocycles. The quantitative estimate of drug-likeness (QED) is 0.673. The Hall–Kier alpha value is -2.53. The molecule has 0 radical (unpaired) electrons. The molecule has 2 heterocycles. The zero-order valence-corrected chi connectivity index (χ0v) is 13.6. The van der Waals surface area contributed by atoms with Gasteiger partial charge in [0.2, 0.25) is 0 Å². The summed E-state index contributed by atoms with van der Waals surface area (Å²) in [5.41, 5.74) is 5.87. The van der Waals surface area contributed by atoms with Gasteiger partial charge in [-0.05, 0) is 49.7 Å². The Balaban J connectivity index is 1.48. The van der Waals surface area contributed by atoms with E-state index < -0.39 is 5.91 Å². The van der Waals surface area contributed by atoms with Crippen molar-refractivity contribution in [1.29, 1.82) is 0 Å². The van der Waals surface area contributed by atoms with E-state index in [2.05, 4.69) is 41.0 Å². The van der Waals surface area contributed by atoms with Gasteiger partial charge in [-0.15, -0.1) is 0 Å². The summed E-state index contributed by atoms with van der Waals surface area (Å²) < 4.78 is 0. The Morgan fingerprint density at radius 1 is 0.958 bits per heavy atom. The zero-order valence-electron chi connectivity index (χ0n) is 13.6. The van der Waals surface area contributed by atoms with Crippen molar-refractivity contribution in [2.45, 2.75) is 25.4 Å². The molecule has 2 aromatic rings. The average Bonchev–Trinajstić information content (AvgIpc) is 3.22. The normalized spacial score (nSPS) is 22.1. The van der Waals surface area contributed by atoms with Crippen LogP contribution in [0.4, 0.5) is 11.4 Å². The number of amides is 1. The highest BCUT2D eigenvalue weighted by Gasteiger charge is 2.43. The van der Waals surface area contributed by atoms with Crippen molar-refractivity contribution in [3.8, 4) is 0 Å². The lowest BCUT2D eigenvalue weighted by atomic mass is 10.1. The van der Waals surface area contributed by atoms with Crippen molar-refractivity contribution >= 4 is 17.3 Å². The minimum atomic E-state index is -0.477. The van der Waals surface area contributed by atoms with Gasteiger partial charge in [-0.25, -0.2) is 5.48 Å². The third-order valence-electron chi connectivity index (χ3n) is 5.17. The number of nitrogens with one attached hydrogen (secondary N) is 1. The van der Waals surface area contributed by atoms with Gasteiger partial charge in [0.05, 0.1) is 0 Å². The molecule has 1 amide bonds. The van der Waals surface area contributed by atoms with Crippen molar-refractivity contribution in [1.82, 2.24) is 5.48 Å². The second kappa shape index (κ2) is 5.83. The van der Waals surface area contributed by atoms with Gasteiger partial charge in [0.25, 0.3) is 5.91 Å². The summed E-state index contributed by atoms with van der Waals surface area (Å²) in [5.74, 6) is -0.477. The molecule has 2 fully saturated rings. The van der Waals surface area contributed by atoms with E-state index in [0.717, 1.165) is 18.8 Å². The molecule has 4 rings (SSSR count). The molecule has 124 valence electrons. The maximum atomic E-state index is 11.4. The predicted octanol–water partition coefficient (Wildman–Crippen LogP) is 2.58. The molecule has 0 unspecified atom stereocenters. The molecular weight excluding hydrogens is 302 g/mol. The number of rotatable bonds is 3. The first-order chi connectivity index (χ1) is 11.7. The standard InChI is InChI=1S/C19H21N3O2/c1-13-2-6-15(7-3-13)21-11-18-10-17(21)12-22(18)16-8-4-14(5-9-16)19(23)20-24/h2-9,17-18,24H,10-12H2,1H3,(H,20,23)/t17-,18-/m0/s1. The van der Waals surface area contributed by atoms with Gasteiger partial charge in [0.1, 0.15) is 0 Å². The highest BCUT2D eigenvalue weighted by atomic mass is 16.5. The highest BCUT2D eigenvalue weighted by Crippen LogP contribution is 2.37. The average molecular weight is 323 g/mol. The van der Waals surface area contributed by atoms with Crippen LogP contribution in [0.3, 0.4) is 0 Å². The fourth-order valence-electron chi connectivity index (χ4n) is 3.90. The second-order valence-corrected chi connectivity index (χ2v) is 6.67. The van der Waals surface area contributed by atoms with Gasteiger partial charge < -0.3 is 9.80 Å². The molecule has 2 atom stereocenters. The van der Waals surface area contributed by atoms with E-state index in [9.17, 15) is 4.79 Å². The molecule has 2 bridgehead atoms. The third kappa shape index (κ3) is 2.51. The van der Waals surface area contributed by atoms with Crippen LogP contribution in [0.5, 0.6) is 0 Å². The largest absolute Gasteiger partial charge is 0.365 e. The maximum absolute atomic E-state index is 11.4. The van der Waals surface area contributed by atoms with Gasteiger partial charge in [-0.1, -0.05) is 17.7 Å². The van der Waals surface area contributed by atoms with Crippen LogP contribution in [-0.2, 0) is 0 Å². The molecule has 5 heteroatoms. The van der Waals surface area contributed by atoms with Crippen molar-refractivity contribution in [2.24, 2.45) is 0 Å². The van der Waals surface area contributed by atoms with E-state index >= 15 is 0 Å². The Kier molecular flexibility index (Phi) is 3.65. The molecule has 0 aromatic heterocycles. The molecule has 2 aliphatic rings. The van der Waals surface area contributed by atoms with Gasteiger partial charge in [-0.2, -0.15) is 0 Å². The van der Waals surface area contributed by atoms with Crippen LogP contribution in [-0.4, -0.2) is 36.3 Å². The SMILES string of the molecule is Cc1ccc(N2C[C@@H]3C[C@H]2CN3c2ccc(C(=O)NO)cc2)cc1. The number of piperazine rings is 1. The fraction of sp³-hybridized carbons (Fsp3) is 0.316. The number of anilines is 2. The van der Waals surface area contributed by atoms with Gasteiger partial charge in [0, 0.05) is 42.1 Å².